The second kappa shape index (κ2) is 16.2. The average Bonchev–Trinajstić information content (AvgIpc) is 3.58. The predicted octanol–water partition coefficient (Wildman–Crippen LogP) is 8.33. The summed E-state index contributed by atoms with van der Waals surface area (Å²) < 4.78 is 27.6. The van der Waals surface area contributed by atoms with Crippen molar-refractivity contribution in [1.29, 1.82) is 5.26 Å². The number of fused-ring (bicyclic) bond motifs is 3. The molecule has 0 radical (unpaired) electrons. The van der Waals surface area contributed by atoms with Gasteiger partial charge in [0.1, 0.15) is 23.3 Å². The van der Waals surface area contributed by atoms with E-state index in [2.05, 4.69) is 64.3 Å². The lowest BCUT2D eigenvalue weighted by Gasteiger charge is -2.55. The van der Waals surface area contributed by atoms with Crippen LogP contribution in [0.4, 0.5) is 9.18 Å². The number of aliphatic imine (C=N–C) groups is 1. The van der Waals surface area contributed by atoms with Gasteiger partial charge >= 0.3 is 6.09 Å². The Kier molecular flexibility index (Phi) is 12.4. The summed E-state index contributed by atoms with van der Waals surface area (Å²) >= 11 is 1.27. The Morgan fingerprint density at radius 3 is 2.51 bits per heavy atom. The zero-order valence-corrected chi connectivity index (χ0v) is 33.6. The number of thioether (sulfide) groups is 1. The minimum absolute atomic E-state index is 0.215. The number of carbonyl (C=O) groups excluding carboxylic acids is 1. The van der Waals surface area contributed by atoms with Crippen LogP contribution in [-0.2, 0) is 22.7 Å². The number of rotatable bonds is 10. The van der Waals surface area contributed by atoms with Crippen molar-refractivity contribution in [2.45, 2.75) is 112 Å². The van der Waals surface area contributed by atoms with Crippen molar-refractivity contribution in [2.24, 2.45) is 4.99 Å². The molecule has 5 aliphatic rings. The number of likely N-dealkylation sites (N-methyl/N-ethyl adjacent to an activating group) is 1. The number of nitrogens with one attached hydrogen (secondary N) is 1. The molecule has 5 aliphatic heterocycles. The Morgan fingerprint density at radius 2 is 1.92 bits per heavy atom. The van der Waals surface area contributed by atoms with Gasteiger partial charge in [0.05, 0.1) is 23.7 Å². The van der Waals surface area contributed by atoms with Crippen molar-refractivity contribution in [3.8, 4) is 6.07 Å². The Bertz CT molecular complexity index is 1800. The first-order valence-corrected chi connectivity index (χ1v) is 19.6. The van der Waals surface area contributed by atoms with E-state index in [0.29, 0.717) is 47.9 Å². The fourth-order valence-electron chi connectivity index (χ4n) is 7.21. The number of piperidine rings is 1. The van der Waals surface area contributed by atoms with Gasteiger partial charge in [0.15, 0.2) is 0 Å². The number of allylic oxidation sites excluding steroid dienone is 7. The van der Waals surface area contributed by atoms with Gasteiger partial charge < -0.3 is 14.4 Å². The van der Waals surface area contributed by atoms with Crippen molar-refractivity contribution in [3.63, 3.8) is 0 Å². The number of hydrogen-bond donors (Lipinski definition) is 1. The molecule has 3 saturated heterocycles. The Morgan fingerprint density at radius 1 is 1.24 bits per heavy atom. The molecule has 0 spiro atoms. The zero-order valence-electron chi connectivity index (χ0n) is 31.6. The highest BCUT2D eigenvalue weighted by Crippen LogP contribution is 2.47. The van der Waals surface area contributed by atoms with E-state index in [0.717, 1.165) is 76.0 Å². The van der Waals surface area contributed by atoms with Gasteiger partial charge in [0, 0.05) is 54.0 Å². The summed E-state index contributed by atoms with van der Waals surface area (Å²) in [6, 6.07) is 3.50. The van der Waals surface area contributed by atoms with E-state index >= 15 is 4.39 Å². The summed E-state index contributed by atoms with van der Waals surface area (Å²) in [5.74, 6) is 0.826. The van der Waals surface area contributed by atoms with Crippen LogP contribution in [0.5, 0.6) is 0 Å². The maximum Gasteiger partial charge on any atom is 0.411 e. The van der Waals surface area contributed by atoms with E-state index in [9.17, 15) is 10.1 Å². The summed E-state index contributed by atoms with van der Waals surface area (Å²) in [5, 5.41) is 14.5. The minimum Gasteiger partial charge on any atom is -0.444 e. The van der Waals surface area contributed by atoms with Crippen LogP contribution in [0.3, 0.4) is 0 Å². The Balaban J connectivity index is 1.66. The molecule has 0 aromatic heterocycles. The van der Waals surface area contributed by atoms with Crippen LogP contribution in [0, 0.1) is 18.3 Å². The van der Waals surface area contributed by atoms with Crippen LogP contribution >= 0.6 is 21.0 Å². The SMILES string of the molecule is C/C=C(/F)C1=C(/C(=C(\C)CC)c2c(P)c(C)c(/C=N\C(=C\CCC)N3CC4CC(C3)N4C)c3c2COC3)C(C#N)=C(NC(=O)OC(C)(C)C)CS1. The van der Waals surface area contributed by atoms with Gasteiger partial charge in [-0.3, -0.25) is 10.2 Å². The molecule has 3 atom stereocenters. The molecule has 0 saturated carbocycles. The molecule has 6 rings (SSSR count). The third kappa shape index (κ3) is 8.08. The number of alkyl carbamates (subject to hydrolysis) is 1. The number of piperazine rings is 1. The van der Waals surface area contributed by atoms with E-state index in [1.165, 1.54) is 24.3 Å². The van der Waals surface area contributed by atoms with Crippen molar-refractivity contribution in [3.05, 3.63) is 78.9 Å². The first-order chi connectivity index (χ1) is 24.2. The van der Waals surface area contributed by atoms with Crippen molar-refractivity contribution in [1.82, 2.24) is 15.1 Å². The van der Waals surface area contributed by atoms with Gasteiger partial charge in [-0.25, -0.2) is 14.2 Å². The number of benzene rings is 1. The summed E-state index contributed by atoms with van der Waals surface area (Å²) in [7, 11) is 5.16. The summed E-state index contributed by atoms with van der Waals surface area (Å²) in [5.41, 5.74) is 7.22. The number of nitrogens with zero attached hydrogens (tertiary/aromatic N) is 4. The summed E-state index contributed by atoms with van der Waals surface area (Å²) in [6.07, 6.45) is 8.98. The second-order valence-electron chi connectivity index (χ2n) is 14.7. The first-order valence-electron chi connectivity index (χ1n) is 18.0. The van der Waals surface area contributed by atoms with Crippen LogP contribution in [0.25, 0.3) is 5.57 Å². The molecule has 8 nitrogen and oxygen atoms in total. The Hall–Kier alpha value is -3.22. The highest BCUT2D eigenvalue weighted by molar-refractivity contribution is 8.03. The average molecular weight is 734 g/mol. The zero-order chi connectivity index (χ0) is 37.2. The second-order valence-corrected chi connectivity index (χ2v) is 16.3. The lowest BCUT2D eigenvalue weighted by molar-refractivity contribution is -0.0382. The number of halogens is 1. The smallest absolute Gasteiger partial charge is 0.411 e. The highest BCUT2D eigenvalue weighted by atomic mass is 32.2. The standard InChI is InChI=1S/C40H53FN5O3PS/c1-10-13-14-33(46-18-25-15-26(19-46)45(25)9)43-17-28-24(5)37(50)35(30-21-48-20-29(28)30)34(23(4)11-2)36-27(16-42)32(22-51-38(36)31(41)12-3)44-39(47)49-40(6,7)8/h12,14,17,25-26H,10-11,13,15,18-22,50H2,1-9H3,(H,44,47)/b31-12+,33-14-,34-23+,43-17-. The lowest BCUT2D eigenvalue weighted by atomic mass is 9.82. The normalized spacial score (nSPS) is 21.9. The molecule has 3 unspecified atom stereocenters. The molecular weight excluding hydrogens is 681 g/mol. The number of unbranched alkanes of at least 4 members (excludes halogenated alkanes) is 1. The monoisotopic (exact) mass is 733 g/mol. The van der Waals surface area contributed by atoms with Gasteiger partial charge in [0.25, 0.3) is 0 Å². The molecule has 5 heterocycles. The van der Waals surface area contributed by atoms with Gasteiger partial charge in [-0.2, -0.15) is 5.26 Å². The van der Waals surface area contributed by atoms with Crippen LogP contribution < -0.4 is 10.6 Å². The number of carbonyl (C=O) groups is 1. The van der Waals surface area contributed by atoms with Crippen LogP contribution in [-0.4, -0.2) is 65.7 Å². The van der Waals surface area contributed by atoms with Crippen LogP contribution in [0.1, 0.15) is 102 Å². The molecule has 1 amide bonds. The van der Waals surface area contributed by atoms with Gasteiger partial charge in [0.2, 0.25) is 0 Å². The summed E-state index contributed by atoms with van der Waals surface area (Å²) in [6.45, 7) is 18.2. The lowest BCUT2D eigenvalue weighted by Crippen LogP contribution is -2.66. The maximum atomic E-state index is 15.9. The topological polar surface area (TPSA) is 90.2 Å². The van der Waals surface area contributed by atoms with Gasteiger partial charge in [-0.15, -0.1) is 21.0 Å². The highest BCUT2D eigenvalue weighted by Gasteiger charge is 2.42. The molecule has 11 heteroatoms. The van der Waals surface area contributed by atoms with E-state index in [1.54, 1.807) is 27.7 Å². The molecular formula is C40H53FN5O3PS. The van der Waals surface area contributed by atoms with E-state index in [1.807, 2.05) is 13.1 Å². The van der Waals surface area contributed by atoms with E-state index in [-0.39, 0.29) is 11.3 Å². The molecule has 1 aromatic carbocycles. The van der Waals surface area contributed by atoms with E-state index < -0.39 is 17.5 Å². The molecule has 1 N–H and O–H groups in total. The van der Waals surface area contributed by atoms with Gasteiger partial charge in [-0.05, 0) is 107 Å². The molecule has 2 bridgehead atoms. The van der Waals surface area contributed by atoms with Crippen molar-refractivity contribution >= 4 is 44.2 Å². The molecule has 3 fully saturated rings. The molecule has 1 aromatic rings. The maximum absolute atomic E-state index is 15.9. The number of amides is 1. The van der Waals surface area contributed by atoms with Gasteiger partial charge in [-0.1, -0.05) is 31.9 Å². The molecule has 51 heavy (non-hydrogen) atoms. The third-order valence-corrected chi connectivity index (χ3v) is 12.1. The largest absolute Gasteiger partial charge is 0.444 e. The molecule has 274 valence electrons. The quantitative estimate of drug-likeness (QED) is 0.191. The van der Waals surface area contributed by atoms with E-state index in [4.69, 9.17) is 14.5 Å². The minimum atomic E-state index is -0.723. The fraction of sp³-hybridized carbons (Fsp3) is 0.525. The van der Waals surface area contributed by atoms with Crippen molar-refractivity contribution < 1.29 is 18.7 Å². The van der Waals surface area contributed by atoms with Crippen LogP contribution in [0.2, 0.25) is 0 Å². The predicted molar refractivity (Wildman–Crippen MR) is 210 cm³/mol. The fourth-order valence-corrected chi connectivity index (χ4v) is 8.80. The molecule has 0 aliphatic carbocycles. The first kappa shape index (κ1) is 39.0. The van der Waals surface area contributed by atoms with Crippen molar-refractivity contribution in [2.75, 3.05) is 25.9 Å². The number of nitriles is 1. The Labute approximate surface area is 310 Å². The summed E-state index contributed by atoms with van der Waals surface area (Å²) in [4.78, 5) is 23.4. The number of hydrogen-bond acceptors (Lipinski definition) is 8. The van der Waals surface area contributed by atoms with Crippen LogP contribution in [0.15, 0.2) is 56.1 Å². The number of ether oxygens (including phenoxy) is 2. The third-order valence-electron chi connectivity index (χ3n) is 10.2.